The van der Waals surface area contributed by atoms with E-state index in [0.717, 1.165) is 11.8 Å². The van der Waals surface area contributed by atoms with Crippen LogP contribution in [0.4, 0.5) is 8.78 Å². The van der Waals surface area contributed by atoms with Gasteiger partial charge in [-0.05, 0) is 12.1 Å². The second-order valence-electron chi connectivity index (χ2n) is 3.85. The van der Waals surface area contributed by atoms with E-state index >= 15 is 0 Å². The molecule has 3 rings (SSSR count). The minimum Gasteiger partial charge on any atom is -0.321 e. The molecule has 0 saturated heterocycles. The summed E-state index contributed by atoms with van der Waals surface area (Å²) in [5.41, 5.74) is 1.31. The number of hydrogen-bond acceptors (Lipinski definition) is 2. The molecule has 0 radical (unpaired) electrons. The number of aromatic nitrogens is 2. The van der Waals surface area contributed by atoms with Crippen LogP contribution in [0.3, 0.4) is 0 Å². The van der Waals surface area contributed by atoms with Crippen LogP contribution in [0, 0.1) is 11.6 Å². The molecule has 0 amide bonds. The number of benzene rings is 1. The molecule has 0 atom stereocenters. The van der Waals surface area contributed by atoms with Crippen LogP contribution in [0.2, 0.25) is 0 Å². The molecule has 0 aliphatic carbocycles. The zero-order valence-electron chi connectivity index (χ0n) is 8.90. The first-order chi connectivity index (χ1) is 8.24. The summed E-state index contributed by atoms with van der Waals surface area (Å²) in [5.74, 6) is -0.617. The van der Waals surface area contributed by atoms with Gasteiger partial charge in [0.25, 0.3) is 0 Å². The summed E-state index contributed by atoms with van der Waals surface area (Å²) < 4.78 is 28.2. The van der Waals surface area contributed by atoms with Gasteiger partial charge in [0.2, 0.25) is 0 Å². The summed E-state index contributed by atoms with van der Waals surface area (Å²) in [6, 6.07) is 3.42. The minimum absolute atomic E-state index is 0.448. The van der Waals surface area contributed by atoms with Gasteiger partial charge in [-0.1, -0.05) is 0 Å². The topological polar surface area (TPSA) is 30.2 Å². The average Bonchev–Trinajstić information content (AvgIpc) is 2.71. The van der Waals surface area contributed by atoms with Crippen molar-refractivity contribution in [3.05, 3.63) is 41.7 Å². The van der Waals surface area contributed by atoms with Crippen molar-refractivity contribution < 1.29 is 8.78 Å². The smallest absolute Gasteiger partial charge is 0.140 e. The Morgan fingerprint density at radius 2 is 1.88 bits per heavy atom. The number of aliphatic imine (C=N–C) groups is 1. The largest absolute Gasteiger partial charge is 0.321 e. The van der Waals surface area contributed by atoms with E-state index in [9.17, 15) is 8.78 Å². The Labute approximate surface area is 96.4 Å². The lowest BCUT2D eigenvalue weighted by Gasteiger charge is -2.12. The highest BCUT2D eigenvalue weighted by Crippen LogP contribution is 2.22. The molecule has 1 aliphatic heterocycles. The Kier molecular flexibility index (Phi) is 2.24. The lowest BCUT2D eigenvalue weighted by molar-refractivity contribution is 0.583. The molecule has 0 N–H and O–H groups in total. The summed E-state index contributed by atoms with van der Waals surface area (Å²) in [6.45, 7) is 1.34. The van der Waals surface area contributed by atoms with Crippen LogP contribution in [0.1, 0.15) is 5.69 Å². The predicted octanol–water partition coefficient (Wildman–Crippen LogP) is 2.26. The molecule has 1 aromatic heterocycles. The summed E-state index contributed by atoms with van der Waals surface area (Å²) in [7, 11) is 0. The van der Waals surface area contributed by atoms with Crippen LogP contribution in [-0.4, -0.2) is 22.3 Å². The molecule has 0 spiro atoms. The lowest BCUT2D eigenvalue weighted by atomic mass is 10.2. The van der Waals surface area contributed by atoms with Gasteiger partial charge in [0, 0.05) is 24.4 Å². The van der Waals surface area contributed by atoms with Gasteiger partial charge in [-0.3, -0.25) is 4.99 Å². The first kappa shape index (κ1) is 10.1. The molecule has 2 aromatic rings. The third kappa shape index (κ3) is 1.73. The maximum Gasteiger partial charge on any atom is 0.140 e. The molecular formula is C12H9F2N3. The van der Waals surface area contributed by atoms with Gasteiger partial charge in [0.1, 0.15) is 17.5 Å². The summed E-state index contributed by atoms with van der Waals surface area (Å²) in [4.78, 5) is 8.32. The molecular weight excluding hydrogens is 224 g/mol. The summed E-state index contributed by atoms with van der Waals surface area (Å²) >= 11 is 0. The van der Waals surface area contributed by atoms with Gasteiger partial charge in [0.15, 0.2) is 0 Å². The van der Waals surface area contributed by atoms with Crippen molar-refractivity contribution in [1.82, 2.24) is 9.55 Å². The first-order valence-corrected chi connectivity index (χ1v) is 5.26. The molecule has 0 saturated carbocycles. The number of hydrogen-bond donors (Lipinski definition) is 0. The number of imidazole rings is 1. The fourth-order valence-electron chi connectivity index (χ4n) is 1.96. The van der Waals surface area contributed by atoms with Crippen molar-refractivity contribution in [1.29, 1.82) is 0 Å². The number of rotatable bonds is 1. The van der Waals surface area contributed by atoms with E-state index in [0.29, 0.717) is 24.5 Å². The van der Waals surface area contributed by atoms with Gasteiger partial charge in [-0.15, -0.1) is 0 Å². The molecule has 0 unspecified atom stereocenters. The van der Waals surface area contributed by atoms with Crippen molar-refractivity contribution in [2.24, 2.45) is 4.99 Å². The predicted molar refractivity (Wildman–Crippen MR) is 60.0 cm³/mol. The molecule has 0 fully saturated rings. The average molecular weight is 233 g/mol. The summed E-state index contributed by atoms with van der Waals surface area (Å²) in [5, 5.41) is 0. The van der Waals surface area contributed by atoms with Gasteiger partial charge < -0.3 is 4.57 Å². The molecule has 5 heteroatoms. The van der Waals surface area contributed by atoms with E-state index in [1.165, 1.54) is 12.1 Å². The highest BCUT2D eigenvalue weighted by molar-refractivity contribution is 5.79. The molecule has 1 aliphatic rings. The zero-order valence-corrected chi connectivity index (χ0v) is 8.90. The van der Waals surface area contributed by atoms with E-state index in [1.54, 1.807) is 12.4 Å². The number of halogens is 2. The van der Waals surface area contributed by atoms with E-state index in [2.05, 4.69) is 9.98 Å². The van der Waals surface area contributed by atoms with E-state index in [-0.39, 0.29) is 0 Å². The number of nitrogens with zero attached hydrogens (tertiary/aromatic N) is 3. The van der Waals surface area contributed by atoms with Crippen molar-refractivity contribution in [3.8, 4) is 11.4 Å². The third-order valence-electron chi connectivity index (χ3n) is 2.68. The van der Waals surface area contributed by atoms with Crippen LogP contribution >= 0.6 is 0 Å². The first-order valence-electron chi connectivity index (χ1n) is 5.26. The SMILES string of the molecule is Fc1cc(F)cc(-c2ncc3n2CCN=C3)c1. The van der Waals surface area contributed by atoms with Crippen LogP contribution < -0.4 is 0 Å². The molecule has 86 valence electrons. The Morgan fingerprint density at radius 1 is 1.12 bits per heavy atom. The van der Waals surface area contributed by atoms with Crippen LogP contribution in [-0.2, 0) is 6.54 Å². The van der Waals surface area contributed by atoms with Gasteiger partial charge in [-0.25, -0.2) is 13.8 Å². The lowest BCUT2D eigenvalue weighted by Crippen LogP contribution is -2.11. The zero-order chi connectivity index (χ0) is 11.8. The Bertz CT molecular complexity index is 582. The minimum atomic E-state index is -0.596. The van der Waals surface area contributed by atoms with E-state index in [4.69, 9.17) is 0 Å². The van der Waals surface area contributed by atoms with E-state index < -0.39 is 11.6 Å². The fraction of sp³-hybridized carbons (Fsp3) is 0.167. The molecule has 17 heavy (non-hydrogen) atoms. The van der Waals surface area contributed by atoms with Gasteiger partial charge in [-0.2, -0.15) is 0 Å². The molecule has 1 aromatic carbocycles. The Balaban J connectivity index is 2.15. The van der Waals surface area contributed by atoms with Gasteiger partial charge >= 0.3 is 0 Å². The maximum absolute atomic E-state index is 13.1. The van der Waals surface area contributed by atoms with Crippen LogP contribution in [0.25, 0.3) is 11.4 Å². The highest BCUT2D eigenvalue weighted by Gasteiger charge is 2.14. The Morgan fingerprint density at radius 3 is 2.65 bits per heavy atom. The second kappa shape index (κ2) is 3.76. The van der Waals surface area contributed by atoms with Crippen molar-refractivity contribution in [2.45, 2.75) is 6.54 Å². The third-order valence-corrected chi connectivity index (χ3v) is 2.68. The monoisotopic (exact) mass is 233 g/mol. The van der Waals surface area contributed by atoms with Crippen molar-refractivity contribution >= 4 is 6.21 Å². The van der Waals surface area contributed by atoms with Crippen LogP contribution in [0.5, 0.6) is 0 Å². The Hall–Kier alpha value is -2.04. The molecule has 0 bridgehead atoms. The second-order valence-corrected chi connectivity index (χ2v) is 3.85. The highest BCUT2D eigenvalue weighted by atomic mass is 19.1. The standard InChI is InChI=1S/C12H9F2N3/c13-9-3-8(4-10(14)5-9)12-16-7-11-6-15-1-2-17(11)12/h3-7H,1-2H2. The number of fused-ring (bicyclic) bond motifs is 1. The fourth-order valence-corrected chi connectivity index (χ4v) is 1.96. The van der Waals surface area contributed by atoms with Crippen molar-refractivity contribution in [2.75, 3.05) is 6.54 Å². The molecule has 3 nitrogen and oxygen atoms in total. The van der Waals surface area contributed by atoms with Crippen molar-refractivity contribution in [3.63, 3.8) is 0 Å². The van der Waals surface area contributed by atoms with E-state index in [1.807, 2.05) is 4.57 Å². The molecule has 2 heterocycles. The normalized spacial score (nSPS) is 13.8. The maximum atomic E-state index is 13.1. The summed E-state index contributed by atoms with van der Waals surface area (Å²) in [6.07, 6.45) is 3.37. The van der Waals surface area contributed by atoms with Gasteiger partial charge in [0.05, 0.1) is 18.4 Å². The quantitative estimate of drug-likeness (QED) is 0.743. The van der Waals surface area contributed by atoms with Crippen LogP contribution in [0.15, 0.2) is 29.4 Å².